The molecule has 0 saturated carbocycles. The summed E-state index contributed by atoms with van der Waals surface area (Å²) in [5.74, 6) is 0.377. The van der Waals surface area contributed by atoms with Crippen LogP contribution in [0.5, 0.6) is 5.75 Å². The zero-order valence-electron chi connectivity index (χ0n) is 75.5. The molecule has 1 saturated heterocycles. The lowest BCUT2D eigenvalue weighted by molar-refractivity contribution is -0.213. The molecule has 3 heterocycles. The summed E-state index contributed by atoms with van der Waals surface area (Å²) in [5.41, 5.74) is 15.1. The van der Waals surface area contributed by atoms with Crippen molar-refractivity contribution in [3.05, 3.63) is 147 Å². The van der Waals surface area contributed by atoms with Crippen molar-refractivity contribution in [1.82, 2.24) is 47.1 Å². The largest absolute Gasteiger partial charge is 0.508 e. The van der Waals surface area contributed by atoms with Gasteiger partial charge in [0.05, 0.1) is 83.2 Å². The number of urea groups is 1. The summed E-state index contributed by atoms with van der Waals surface area (Å²) in [6.07, 6.45) is 6.24. The van der Waals surface area contributed by atoms with E-state index in [-0.39, 0.29) is 167 Å². The SMILES string of the molecule is CCCCCCON(C(=O)[C@@H](NC(=O)[C@H]1CCCCN1C)[C@@H](C)CC)[C@H](C[C@@H](OC(C)=O)c1nc(C(=O)N[C@@H](Cc2ccc(O)cc2)C[C@H](C)C(=O)NNC(=O)OCc2ccc(CC(=O)[C@H](CCCNC(N)=O)NC(=O)[C@@H](CC(=O)CCOCCOCCOCCOCCCC(=O)CCC(=O)N3Cc4ccccc4C#Cc4ccccc43)C(C)C)cc2)cs1)C(C)C. The van der Waals surface area contributed by atoms with Gasteiger partial charge in [0, 0.05) is 99.4 Å². The molecule has 7 rings (SSSR count). The van der Waals surface area contributed by atoms with Gasteiger partial charge in [-0.25, -0.2) is 25.1 Å². The number of hydroxylamine groups is 2. The number of hydrogen-bond donors (Lipinski definition) is 8. The van der Waals surface area contributed by atoms with Crippen molar-refractivity contribution in [2.24, 2.45) is 35.3 Å². The highest BCUT2D eigenvalue weighted by Gasteiger charge is 2.41. The number of ether oxygens (including phenoxy) is 6. The number of carbonyl (C=O) groups excluding carboxylic acids is 12. The Hall–Kier alpha value is -10.5. The van der Waals surface area contributed by atoms with Crippen LogP contribution in [-0.2, 0) is 102 Å². The van der Waals surface area contributed by atoms with E-state index >= 15 is 4.79 Å². The van der Waals surface area contributed by atoms with E-state index in [1.165, 1.54) is 29.5 Å². The fourth-order valence-corrected chi connectivity index (χ4v) is 15.7. The highest BCUT2D eigenvalue weighted by Crippen LogP contribution is 2.34. The Bertz CT molecular complexity index is 4420. The number of amides is 9. The van der Waals surface area contributed by atoms with Gasteiger partial charge in [-0.1, -0.05) is 166 Å². The summed E-state index contributed by atoms with van der Waals surface area (Å²) in [6, 6.07) is 23.8. The van der Waals surface area contributed by atoms with Crippen molar-refractivity contribution in [2.45, 2.75) is 240 Å². The quantitative estimate of drug-likeness (QED) is 0.00775. The number of nitrogens with two attached hydrogens (primary N) is 1. The first kappa shape index (κ1) is 104. The van der Waals surface area contributed by atoms with Gasteiger partial charge in [-0.05, 0) is 135 Å². The zero-order chi connectivity index (χ0) is 92.2. The van der Waals surface area contributed by atoms with E-state index < -0.39 is 83.8 Å². The van der Waals surface area contributed by atoms with Crippen molar-refractivity contribution >= 4 is 87.9 Å². The maximum Gasteiger partial charge on any atom is 0.426 e. The molecule has 0 radical (unpaired) electrons. The van der Waals surface area contributed by atoms with Gasteiger partial charge in [0.25, 0.3) is 11.8 Å². The molecule has 9 N–H and O–H groups in total. The third kappa shape index (κ3) is 36.6. The number of hydrazine groups is 1. The average molecular weight is 1780 g/mol. The number of unbranched alkanes of at least 4 members (excludes halogenated alkanes) is 3. The number of aromatic hydroxyl groups is 1. The third-order valence-corrected chi connectivity index (χ3v) is 23.4. The number of phenolic OH excluding ortho intramolecular Hbond substituents is 1. The van der Waals surface area contributed by atoms with Gasteiger partial charge in [0.15, 0.2) is 11.9 Å². The number of para-hydroxylation sites is 1. The number of primary amides is 1. The number of likely N-dealkylation sites (N-methyl/N-ethyl adjacent to an activating group) is 1. The summed E-state index contributed by atoms with van der Waals surface area (Å²) in [5, 5.41) is 24.8. The van der Waals surface area contributed by atoms with Gasteiger partial charge in [0.1, 0.15) is 40.7 Å². The van der Waals surface area contributed by atoms with Crippen molar-refractivity contribution in [1.29, 1.82) is 0 Å². The van der Waals surface area contributed by atoms with Crippen LogP contribution >= 0.6 is 11.3 Å². The van der Waals surface area contributed by atoms with Gasteiger partial charge in [-0.2, -0.15) is 0 Å². The minimum atomic E-state index is -1.04. The molecule has 0 bridgehead atoms. The normalized spacial score (nSPS) is 15.0. The van der Waals surface area contributed by atoms with Gasteiger partial charge < -0.3 is 65.4 Å². The van der Waals surface area contributed by atoms with Gasteiger partial charge >= 0.3 is 18.1 Å². The predicted octanol–water partition coefficient (Wildman–Crippen LogP) is 11.4. The smallest absolute Gasteiger partial charge is 0.426 e. The molecule has 127 heavy (non-hydrogen) atoms. The van der Waals surface area contributed by atoms with Crippen LogP contribution in [0.1, 0.15) is 233 Å². The van der Waals surface area contributed by atoms with Crippen LogP contribution < -0.4 is 42.8 Å². The van der Waals surface area contributed by atoms with E-state index in [2.05, 4.69) is 50.9 Å². The molecule has 2 aliphatic heterocycles. The second kappa shape index (κ2) is 55.9. The van der Waals surface area contributed by atoms with Gasteiger partial charge in [-0.3, -0.25) is 63.1 Å². The Kier molecular flexibility index (Phi) is 45.6. The lowest BCUT2D eigenvalue weighted by Gasteiger charge is -2.39. The highest BCUT2D eigenvalue weighted by molar-refractivity contribution is 7.09. The first-order chi connectivity index (χ1) is 61.0. The van der Waals surface area contributed by atoms with Crippen molar-refractivity contribution < 1.29 is 95.9 Å². The molecule has 32 heteroatoms. The number of esters is 1. The minimum absolute atomic E-state index is 0.00729. The number of carbonyl (C=O) groups is 12. The van der Waals surface area contributed by atoms with E-state index in [0.717, 1.165) is 77.9 Å². The number of benzene rings is 4. The molecule has 9 atom stereocenters. The molecule has 1 fully saturated rings. The van der Waals surface area contributed by atoms with Crippen molar-refractivity contribution in [3.63, 3.8) is 0 Å². The number of hydrogen-bond acceptors (Lipinski definition) is 23. The molecule has 9 amide bonds. The number of thiazole rings is 1. The van der Waals surface area contributed by atoms with Crippen LogP contribution in [0.15, 0.2) is 102 Å². The number of Topliss-reactive ketones (excluding diaryl/α,β-unsaturated/α-hetero) is 3. The molecular weight excluding hydrogens is 1650 g/mol. The number of nitrogens with zero attached hydrogens (tertiary/aromatic N) is 4. The number of rotatable bonds is 57. The van der Waals surface area contributed by atoms with E-state index in [4.69, 9.17) is 44.0 Å². The maximum absolute atomic E-state index is 15.1. The summed E-state index contributed by atoms with van der Waals surface area (Å²) in [6.45, 7) is 19.9. The van der Waals surface area contributed by atoms with E-state index in [9.17, 15) is 57.8 Å². The highest BCUT2D eigenvalue weighted by atomic mass is 32.1. The monoisotopic (exact) mass is 1780 g/mol. The van der Waals surface area contributed by atoms with Crippen LogP contribution in [0.3, 0.4) is 0 Å². The van der Waals surface area contributed by atoms with Crippen LogP contribution in [0, 0.1) is 41.4 Å². The molecule has 1 aromatic heterocycles. The molecule has 31 nitrogen and oxygen atoms in total. The summed E-state index contributed by atoms with van der Waals surface area (Å²) in [7, 11) is 1.92. The second-order valence-corrected chi connectivity index (χ2v) is 34.2. The molecule has 5 aromatic rings. The summed E-state index contributed by atoms with van der Waals surface area (Å²) in [4.78, 5) is 177. The van der Waals surface area contributed by atoms with Crippen LogP contribution in [-0.4, -0.2) is 201 Å². The Labute approximate surface area is 751 Å². The topological polar surface area (TPSA) is 410 Å². The van der Waals surface area contributed by atoms with Crippen molar-refractivity contribution in [3.8, 4) is 17.6 Å². The predicted molar refractivity (Wildman–Crippen MR) is 480 cm³/mol. The zero-order valence-corrected chi connectivity index (χ0v) is 76.3. The van der Waals surface area contributed by atoms with Crippen LogP contribution in [0.4, 0.5) is 15.3 Å². The number of ketones is 3. The molecule has 0 aliphatic carbocycles. The Balaban J connectivity index is 0.818. The van der Waals surface area contributed by atoms with E-state index in [1.54, 1.807) is 48.2 Å². The molecule has 4 aromatic carbocycles. The fourth-order valence-electron chi connectivity index (χ4n) is 14.8. The number of phenols is 1. The molecule has 2 aliphatic rings. The lowest BCUT2D eigenvalue weighted by Crippen LogP contribution is -2.58. The van der Waals surface area contributed by atoms with Crippen molar-refractivity contribution in [2.75, 3.05) is 84.5 Å². The number of aromatic nitrogens is 1. The van der Waals surface area contributed by atoms with E-state index in [0.29, 0.717) is 89.2 Å². The number of likely N-dealkylation sites (tertiary alicyclic amines) is 1. The lowest BCUT2D eigenvalue weighted by atomic mass is 9.88. The maximum atomic E-state index is 15.1. The minimum Gasteiger partial charge on any atom is -0.508 e. The second-order valence-electron chi connectivity index (χ2n) is 33.3. The van der Waals surface area contributed by atoms with Gasteiger partial charge in [0.2, 0.25) is 23.6 Å². The standard InChI is InChI=1S/C95H133N11O20S/c1-11-13-14-21-47-125-106(93(117)87(65(7)12-2)101-91(116)82-30-19-20-45-104(82)10)83(64(5)6)59-85(126-67(9)107)92-100-80(62-127-92)90(115)98-74(56-68-35-39-76(109)40-36-68)55-66(8)88(113)102-103-95(119)124-61-70-33-31-69(32-34-70)57-84(111)79(28-22-44-97-94(96)118)99-89(114)78(63(3)4)58-77(110)43-48-121-50-52-123-54-53-122-51-49-120-46-23-27-75(108)41-42-86(112)105-60-73-26-16-15-24-71(73)37-38-72-25-17-18-29-81(72)105/h15-18,24-26,29,31-36,39-40,62-66,74,78-79,82-83,85,87,109H,11-14,19-23,27-28,30,41-61H2,1-10H3,(H,98,115)(H,99,114)(H,101,116)(H,102,113)(H,103,119)(H3,96,97,118)/t65-,66-,74+,78-,79-,82+,83+,85+,87-/m0/s1. The summed E-state index contributed by atoms with van der Waals surface area (Å²) < 4.78 is 33.9. The number of fused-ring (bicyclic) bond motifs is 2. The molecular formula is C95H133N11O20S. The van der Waals surface area contributed by atoms with E-state index in [1.807, 2.05) is 102 Å². The number of piperidine rings is 1. The number of nitrogens with one attached hydrogen (secondary N) is 6. The average Bonchev–Trinajstić information content (AvgIpc) is 1.30. The molecule has 694 valence electrons. The first-order valence-corrected chi connectivity index (χ1v) is 45.6. The van der Waals surface area contributed by atoms with Gasteiger partial charge in [-0.15, -0.1) is 11.3 Å². The molecule has 0 spiro atoms. The van der Waals surface area contributed by atoms with Crippen LogP contribution in [0.25, 0.3) is 0 Å². The molecule has 0 unspecified atom stereocenters. The Morgan fingerprint density at radius 2 is 1.32 bits per heavy atom. The summed E-state index contributed by atoms with van der Waals surface area (Å²) >= 11 is 1.09. The Morgan fingerprint density at radius 1 is 0.661 bits per heavy atom. The first-order valence-electron chi connectivity index (χ1n) is 44.7. The fraction of sp³-hybridized carbons (Fsp3) is 0.568. The third-order valence-electron chi connectivity index (χ3n) is 22.5. The Morgan fingerprint density at radius 3 is 1.99 bits per heavy atom. The van der Waals surface area contributed by atoms with Crippen LogP contribution in [0.2, 0.25) is 0 Å². The number of anilines is 1.